The number of hydrogen-bond donors (Lipinski definition) is 1. The minimum atomic E-state index is -0.648. The summed E-state index contributed by atoms with van der Waals surface area (Å²) < 4.78 is 11.2. The molecule has 2 N–H and O–H groups in total. The second-order valence-electron chi connectivity index (χ2n) is 8.65. The fourth-order valence-electron chi connectivity index (χ4n) is 3.34. The molecule has 1 aliphatic carbocycles. The number of nitrogens with two attached hydrogens (primary N) is 1. The molecule has 1 fully saturated rings. The highest BCUT2D eigenvalue weighted by atomic mass is 16.6. The number of rotatable bonds is 7. The molecule has 3 rings (SSSR count). The minimum Gasteiger partial charge on any atom is -0.489 e. The Balaban J connectivity index is 1.59. The van der Waals surface area contributed by atoms with Crippen LogP contribution in [0.3, 0.4) is 0 Å². The lowest BCUT2D eigenvalue weighted by molar-refractivity contribution is -0.119. The van der Waals surface area contributed by atoms with Gasteiger partial charge in [0, 0.05) is 12.0 Å². The first-order chi connectivity index (χ1) is 14.7. The van der Waals surface area contributed by atoms with Gasteiger partial charge in [-0.2, -0.15) is 5.26 Å². The van der Waals surface area contributed by atoms with Gasteiger partial charge in [-0.3, -0.25) is 9.69 Å². The van der Waals surface area contributed by atoms with Crippen LogP contribution >= 0.6 is 0 Å². The molecule has 0 unspecified atom stereocenters. The standard InChI is InChI=1S/C24H27N3O4/c1-24(2,3)31-23(29)27(14-22(26)28)21-12-20(21)18-8-10-19(11-9-18)30-15-17-6-4-16(13-25)5-7-17/h4-11,20-21H,12,14-15H2,1-3H3,(H2,26,28)/t20-,21+/m0/s1. The lowest BCUT2D eigenvalue weighted by atomic mass is 10.1. The van der Waals surface area contributed by atoms with E-state index in [0.29, 0.717) is 12.2 Å². The van der Waals surface area contributed by atoms with Gasteiger partial charge in [0.2, 0.25) is 5.91 Å². The molecular formula is C24H27N3O4. The Kier molecular flexibility index (Phi) is 6.50. The van der Waals surface area contributed by atoms with Crippen LogP contribution in [0.5, 0.6) is 5.75 Å². The third-order valence-corrected chi connectivity index (χ3v) is 4.91. The number of ether oxygens (including phenoxy) is 2. The summed E-state index contributed by atoms with van der Waals surface area (Å²) in [5.74, 6) is 0.286. The van der Waals surface area contributed by atoms with Gasteiger partial charge >= 0.3 is 6.09 Å². The molecule has 1 aliphatic rings. The zero-order chi connectivity index (χ0) is 22.6. The fraction of sp³-hybridized carbons (Fsp3) is 0.375. The van der Waals surface area contributed by atoms with E-state index in [1.807, 2.05) is 36.4 Å². The molecule has 7 heteroatoms. The Labute approximate surface area is 182 Å². The first-order valence-electron chi connectivity index (χ1n) is 10.2. The molecule has 2 atom stereocenters. The second-order valence-corrected chi connectivity index (χ2v) is 8.65. The molecule has 31 heavy (non-hydrogen) atoms. The zero-order valence-corrected chi connectivity index (χ0v) is 18.0. The van der Waals surface area contributed by atoms with Gasteiger partial charge in [0.15, 0.2) is 0 Å². The molecule has 2 aromatic carbocycles. The van der Waals surface area contributed by atoms with Crippen molar-refractivity contribution >= 4 is 12.0 Å². The maximum absolute atomic E-state index is 12.5. The van der Waals surface area contributed by atoms with Crippen molar-refractivity contribution < 1.29 is 19.1 Å². The summed E-state index contributed by atoms with van der Waals surface area (Å²) in [5.41, 5.74) is 7.35. The van der Waals surface area contributed by atoms with Crippen molar-refractivity contribution in [2.45, 2.75) is 51.4 Å². The van der Waals surface area contributed by atoms with Crippen LogP contribution in [0.4, 0.5) is 4.79 Å². The molecule has 0 heterocycles. The Hall–Kier alpha value is -3.53. The van der Waals surface area contributed by atoms with E-state index < -0.39 is 17.6 Å². The van der Waals surface area contributed by atoms with Crippen LogP contribution in [0.25, 0.3) is 0 Å². The largest absolute Gasteiger partial charge is 0.489 e. The number of nitriles is 1. The third kappa shape index (κ3) is 6.22. The molecule has 162 valence electrons. The number of carbonyl (C=O) groups excluding carboxylic acids is 2. The third-order valence-electron chi connectivity index (χ3n) is 4.91. The lowest BCUT2D eigenvalue weighted by Gasteiger charge is -2.27. The maximum Gasteiger partial charge on any atom is 0.411 e. The molecule has 0 spiro atoms. The smallest absolute Gasteiger partial charge is 0.411 e. The molecule has 1 saturated carbocycles. The Morgan fingerprint density at radius 1 is 1.13 bits per heavy atom. The van der Waals surface area contributed by atoms with Gasteiger partial charge in [-0.05, 0) is 62.6 Å². The van der Waals surface area contributed by atoms with E-state index >= 15 is 0 Å². The molecule has 0 aliphatic heterocycles. The zero-order valence-electron chi connectivity index (χ0n) is 18.0. The molecule has 7 nitrogen and oxygen atoms in total. The molecule has 2 aromatic rings. The van der Waals surface area contributed by atoms with Gasteiger partial charge in [0.05, 0.1) is 11.6 Å². The van der Waals surface area contributed by atoms with Crippen molar-refractivity contribution in [2.24, 2.45) is 5.73 Å². The predicted octanol–water partition coefficient (Wildman–Crippen LogP) is 3.72. The average molecular weight is 421 g/mol. The quantitative estimate of drug-likeness (QED) is 0.733. The Bertz CT molecular complexity index is 972. The summed E-state index contributed by atoms with van der Waals surface area (Å²) in [6.45, 7) is 5.60. The van der Waals surface area contributed by atoms with Gasteiger partial charge in [-0.15, -0.1) is 0 Å². The summed E-state index contributed by atoms with van der Waals surface area (Å²) in [7, 11) is 0. The van der Waals surface area contributed by atoms with Gasteiger partial charge in [-0.25, -0.2) is 4.79 Å². The van der Waals surface area contributed by atoms with Crippen molar-refractivity contribution in [3.05, 3.63) is 65.2 Å². The molecule has 0 aromatic heterocycles. The van der Waals surface area contributed by atoms with Crippen molar-refractivity contribution in [3.8, 4) is 11.8 Å². The van der Waals surface area contributed by atoms with Gasteiger partial charge < -0.3 is 15.2 Å². The lowest BCUT2D eigenvalue weighted by Crippen LogP contribution is -2.43. The van der Waals surface area contributed by atoms with Crippen LogP contribution in [-0.2, 0) is 16.1 Å². The monoisotopic (exact) mass is 421 g/mol. The van der Waals surface area contributed by atoms with Crippen LogP contribution in [-0.4, -0.2) is 35.1 Å². The summed E-state index contributed by atoms with van der Waals surface area (Å²) in [6.07, 6.45) is 0.221. The molecule has 0 radical (unpaired) electrons. The van der Waals surface area contributed by atoms with E-state index in [0.717, 1.165) is 23.3 Å². The van der Waals surface area contributed by atoms with E-state index in [9.17, 15) is 9.59 Å². The summed E-state index contributed by atoms with van der Waals surface area (Å²) in [4.78, 5) is 25.4. The highest BCUT2D eigenvalue weighted by molar-refractivity contribution is 5.81. The van der Waals surface area contributed by atoms with Crippen LogP contribution in [0.2, 0.25) is 0 Å². The van der Waals surface area contributed by atoms with Crippen molar-refractivity contribution in [1.29, 1.82) is 5.26 Å². The van der Waals surface area contributed by atoms with E-state index in [-0.39, 0.29) is 18.5 Å². The topological polar surface area (TPSA) is 106 Å². The van der Waals surface area contributed by atoms with Gasteiger partial charge in [0.1, 0.15) is 24.5 Å². The van der Waals surface area contributed by atoms with Crippen LogP contribution in [0.15, 0.2) is 48.5 Å². The summed E-state index contributed by atoms with van der Waals surface area (Å²) >= 11 is 0. The van der Waals surface area contributed by atoms with Crippen LogP contribution in [0.1, 0.15) is 49.8 Å². The van der Waals surface area contributed by atoms with Crippen molar-refractivity contribution in [1.82, 2.24) is 4.90 Å². The first-order valence-corrected chi connectivity index (χ1v) is 10.2. The predicted molar refractivity (Wildman–Crippen MR) is 115 cm³/mol. The number of benzene rings is 2. The Morgan fingerprint density at radius 2 is 1.77 bits per heavy atom. The SMILES string of the molecule is CC(C)(C)OC(=O)N(CC(N)=O)[C@@H]1C[C@H]1c1ccc(OCc2ccc(C#N)cc2)cc1. The number of amides is 2. The van der Waals surface area contributed by atoms with Crippen LogP contribution in [0, 0.1) is 11.3 Å². The van der Waals surface area contributed by atoms with Crippen LogP contribution < -0.4 is 10.5 Å². The molecular weight excluding hydrogens is 394 g/mol. The van der Waals surface area contributed by atoms with Crippen molar-refractivity contribution in [2.75, 3.05) is 6.54 Å². The second kappa shape index (κ2) is 9.09. The van der Waals surface area contributed by atoms with E-state index in [4.69, 9.17) is 20.5 Å². The van der Waals surface area contributed by atoms with Gasteiger partial charge in [-0.1, -0.05) is 24.3 Å². The maximum atomic E-state index is 12.5. The van der Waals surface area contributed by atoms with Crippen molar-refractivity contribution in [3.63, 3.8) is 0 Å². The summed E-state index contributed by atoms with van der Waals surface area (Å²) in [6, 6.07) is 16.9. The van der Waals surface area contributed by atoms with Gasteiger partial charge in [0.25, 0.3) is 0 Å². The normalized spacial score (nSPS) is 17.4. The minimum absolute atomic E-state index is 0.118. The number of hydrogen-bond acceptors (Lipinski definition) is 5. The highest BCUT2D eigenvalue weighted by Crippen LogP contribution is 2.45. The summed E-state index contributed by atoms with van der Waals surface area (Å²) in [5, 5.41) is 8.86. The Morgan fingerprint density at radius 3 is 2.32 bits per heavy atom. The van der Waals surface area contributed by atoms with E-state index in [2.05, 4.69) is 6.07 Å². The number of primary amides is 1. The van der Waals surface area contributed by atoms with E-state index in [1.54, 1.807) is 32.9 Å². The number of carbonyl (C=O) groups is 2. The molecule has 0 bridgehead atoms. The number of nitrogens with zero attached hydrogens (tertiary/aromatic N) is 2. The molecule has 0 saturated heterocycles. The first kappa shape index (κ1) is 22.2. The van der Waals surface area contributed by atoms with E-state index in [1.165, 1.54) is 4.90 Å². The fourth-order valence-corrected chi connectivity index (χ4v) is 3.34. The molecule has 2 amide bonds. The average Bonchev–Trinajstić information content (AvgIpc) is 3.50. The highest BCUT2D eigenvalue weighted by Gasteiger charge is 2.46.